The van der Waals surface area contributed by atoms with Crippen LogP contribution < -0.4 is 10.9 Å². The fraction of sp³-hybridized carbons (Fsp3) is 0.467. The molecule has 0 saturated carbocycles. The lowest BCUT2D eigenvalue weighted by atomic mass is 9.98. The zero-order valence-corrected chi connectivity index (χ0v) is 13.2. The molecule has 1 aliphatic heterocycles. The third-order valence-corrected chi connectivity index (χ3v) is 3.71. The summed E-state index contributed by atoms with van der Waals surface area (Å²) in [5.41, 5.74) is 6.20. The normalized spacial score (nSPS) is 17.7. The van der Waals surface area contributed by atoms with Crippen molar-refractivity contribution in [2.45, 2.75) is 19.8 Å². The van der Waals surface area contributed by atoms with E-state index in [1.165, 1.54) is 0 Å². The number of amides is 2. The van der Waals surface area contributed by atoms with Gasteiger partial charge in [-0.3, -0.25) is 15.6 Å². The fourth-order valence-corrected chi connectivity index (χ4v) is 2.56. The number of carbonyl (C=O) groups excluding carboxylic acids is 2. The third-order valence-electron chi connectivity index (χ3n) is 3.47. The summed E-state index contributed by atoms with van der Waals surface area (Å²) in [6.45, 7) is 3.11. The van der Waals surface area contributed by atoms with Gasteiger partial charge in [0.05, 0.1) is 18.2 Å². The predicted octanol–water partition coefficient (Wildman–Crippen LogP) is 2.65. The van der Waals surface area contributed by atoms with Crippen LogP contribution in [0, 0.1) is 5.92 Å². The molecule has 0 radical (unpaired) electrons. The number of halogens is 1. The summed E-state index contributed by atoms with van der Waals surface area (Å²) in [7, 11) is 0. The molecule has 1 aromatic carbocycles. The molecule has 22 heavy (non-hydrogen) atoms. The molecule has 0 aliphatic carbocycles. The van der Waals surface area contributed by atoms with Crippen molar-refractivity contribution in [3.63, 3.8) is 0 Å². The highest BCUT2D eigenvalue weighted by Crippen LogP contribution is 2.18. The minimum Gasteiger partial charge on any atom is -0.450 e. The molecular formula is C15H20ClN3O3. The van der Waals surface area contributed by atoms with Crippen LogP contribution in [0.5, 0.6) is 0 Å². The summed E-state index contributed by atoms with van der Waals surface area (Å²) in [6.07, 6.45) is 1.18. The molecule has 1 aliphatic rings. The molecule has 120 valence electrons. The summed E-state index contributed by atoms with van der Waals surface area (Å²) >= 11 is 5.88. The highest BCUT2D eigenvalue weighted by molar-refractivity contribution is 6.30. The quantitative estimate of drug-likeness (QED) is 0.835. The molecule has 0 unspecified atom stereocenters. The Bertz CT molecular complexity index is 539. The number of likely N-dealkylation sites (tertiary alicyclic amines) is 1. The summed E-state index contributed by atoms with van der Waals surface area (Å²) in [5.74, 6) is -0.390. The average molecular weight is 326 g/mol. The van der Waals surface area contributed by atoms with Gasteiger partial charge in [0.2, 0.25) is 5.91 Å². The van der Waals surface area contributed by atoms with Gasteiger partial charge >= 0.3 is 6.09 Å². The molecule has 1 fully saturated rings. The van der Waals surface area contributed by atoms with Crippen molar-refractivity contribution in [2.24, 2.45) is 5.92 Å². The van der Waals surface area contributed by atoms with Crippen LogP contribution in [0.2, 0.25) is 5.02 Å². The summed E-state index contributed by atoms with van der Waals surface area (Å²) in [4.78, 5) is 25.5. The van der Waals surface area contributed by atoms with E-state index < -0.39 is 0 Å². The number of nitrogens with zero attached hydrogens (tertiary/aromatic N) is 1. The number of rotatable bonds is 4. The second-order valence-corrected chi connectivity index (χ2v) is 5.55. The summed E-state index contributed by atoms with van der Waals surface area (Å²) in [5, 5.41) is 0.588. The van der Waals surface area contributed by atoms with E-state index >= 15 is 0 Å². The van der Waals surface area contributed by atoms with E-state index in [1.54, 1.807) is 36.1 Å². The Morgan fingerprint density at radius 3 is 3.00 bits per heavy atom. The van der Waals surface area contributed by atoms with Gasteiger partial charge in [-0.25, -0.2) is 4.79 Å². The number of hydrogen-bond donors (Lipinski definition) is 2. The van der Waals surface area contributed by atoms with Gasteiger partial charge in [0.1, 0.15) is 0 Å². The van der Waals surface area contributed by atoms with Gasteiger partial charge in [0.15, 0.2) is 0 Å². The fourth-order valence-electron chi connectivity index (χ4n) is 2.37. The lowest BCUT2D eigenvalue weighted by molar-refractivity contribution is -0.125. The van der Waals surface area contributed by atoms with Crippen molar-refractivity contribution in [3.8, 4) is 0 Å². The summed E-state index contributed by atoms with van der Waals surface area (Å²) < 4.78 is 4.98. The van der Waals surface area contributed by atoms with Crippen LogP contribution in [-0.4, -0.2) is 36.6 Å². The van der Waals surface area contributed by atoms with E-state index in [0.29, 0.717) is 30.4 Å². The molecule has 1 aromatic rings. The molecule has 2 rings (SSSR count). The van der Waals surface area contributed by atoms with Crippen molar-refractivity contribution < 1.29 is 14.3 Å². The highest BCUT2D eigenvalue weighted by Gasteiger charge is 2.29. The van der Waals surface area contributed by atoms with Crippen molar-refractivity contribution >= 4 is 29.3 Å². The number of ether oxygens (including phenoxy) is 1. The molecule has 1 saturated heterocycles. The molecule has 0 spiro atoms. The van der Waals surface area contributed by atoms with Crippen molar-refractivity contribution in [2.75, 3.05) is 25.1 Å². The Morgan fingerprint density at radius 2 is 2.27 bits per heavy atom. The molecule has 6 nitrogen and oxygen atoms in total. The molecule has 1 atom stereocenters. The Balaban J connectivity index is 1.85. The van der Waals surface area contributed by atoms with Gasteiger partial charge < -0.3 is 9.64 Å². The monoisotopic (exact) mass is 325 g/mol. The zero-order chi connectivity index (χ0) is 15.9. The standard InChI is InChI=1S/C15H20ClN3O3/c1-2-22-15(21)19-8-4-5-11(10-19)14(20)18-17-13-7-3-6-12(16)9-13/h3,6-7,9,11,17H,2,4-5,8,10H2,1H3,(H,18,20)/t11-/m0/s1. The third kappa shape index (κ3) is 4.53. The highest BCUT2D eigenvalue weighted by atomic mass is 35.5. The number of benzene rings is 1. The van der Waals surface area contributed by atoms with Crippen LogP contribution in [0.3, 0.4) is 0 Å². The van der Waals surface area contributed by atoms with Gasteiger partial charge in [-0.1, -0.05) is 17.7 Å². The zero-order valence-electron chi connectivity index (χ0n) is 12.5. The predicted molar refractivity (Wildman–Crippen MR) is 84.5 cm³/mol. The van der Waals surface area contributed by atoms with E-state index in [2.05, 4.69) is 10.9 Å². The number of carbonyl (C=O) groups is 2. The lowest BCUT2D eigenvalue weighted by Gasteiger charge is -2.31. The van der Waals surface area contributed by atoms with Gasteiger partial charge in [-0.15, -0.1) is 0 Å². The minimum absolute atomic E-state index is 0.144. The maximum atomic E-state index is 12.2. The first-order valence-electron chi connectivity index (χ1n) is 7.33. The van der Waals surface area contributed by atoms with Crippen LogP contribution in [0.4, 0.5) is 10.5 Å². The first kappa shape index (κ1) is 16.4. The van der Waals surface area contributed by atoms with Gasteiger partial charge in [0, 0.05) is 18.1 Å². The second-order valence-electron chi connectivity index (χ2n) is 5.11. The molecular weight excluding hydrogens is 306 g/mol. The Morgan fingerprint density at radius 1 is 1.45 bits per heavy atom. The van der Waals surface area contributed by atoms with Gasteiger partial charge in [-0.2, -0.15) is 0 Å². The van der Waals surface area contributed by atoms with Crippen molar-refractivity contribution in [3.05, 3.63) is 29.3 Å². The minimum atomic E-state index is -0.359. The number of hydrazine groups is 1. The van der Waals surface area contributed by atoms with E-state index in [0.717, 1.165) is 12.8 Å². The van der Waals surface area contributed by atoms with E-state index in [9.17, 15) is 9.59 Å². The maximum absolute atomic E-state index is 12.2. The smallest absolute Gasteiger partial charge is 0.409 e. The number of anilines is 1. The van der Waals surface area contributed by atoms with Crippen LogP contribution in [0.15, 0.2) is 24.3 Å². The summed E-state index contributed by atoms with van der Waals surface area (Å²) in [6, 6.07) is 7.07. The van der Waals surface area contributed by atoms with Gasteiger partial charge in [0.25, 0.3) is 0 Å². The number of hydrogen-bond acceptors (Lipinski definition) is 4. The number of nitrogens with one attached hydrogen (secondary N) is 2. The Kier molecular flexibility index (Phi) is 5.89. The number of piperidine rings is 1. The Labute approximate surface area is 134 Å². The lowest BCUT2D eigenvalue weighted by Crippen LogP contribution is -2.46. The van der Waals surface area contributed by atoms with Crippen LogP contribution in [0.25, 0.3) is 0 Å². The largest absolute Gasteiger partial charge is 0.450 e. The van der Waals surface area contributed by atoms with Crippen LogP contribution in [0.1, 0.15) is 19.8 Å². The topological polar surface area (TPSA) is 70.7 Å². The van der Waals surface area contributed by atoms with Crippen LogP contribution in [-0.2, 0) is 9.53 Å². The Hall–Kier alpha value is -1.95. The van der Waals surface area contributed by atoms with Gasteiger partial charge in [-0.05, 0) is 38.0 Å². The second kappa shape index (κ2) is 7.89. The molecule has 2 N–H and O–H groups in total. The molecule has 0 bridgehead atoms. The van der Waals surface area contributed by atoms with Crippen molar-refractivity contribution in [1.29, 1.82) is 0 Å². The maximum Gasteiger partial charge on any atom is 0.409 e. The molecule has 2 amide bonds. The molecule has 1 heterocycles. The van der Waals surface area contributed by atoms with Crippen molar-refractivity contribution in [1.82, 2.24) is 10.3 Å². The van der Waals surface area contributed by atoms with E-state index in [1.807, 2.05) is 0 Å². The first-order valence-corrected chi connectivity index (χ1v) is 7.71. The van der Waals surface area contributed by atoms with E-state index in [-0.39, 0.29) is 17.9 Å². The van der Waals surface area contributed by atoms with Crippen LogP contribution >= 0.6 is 11.6 Å². The van der Waals surface area contributed by atoms with E-state index in [4.69, 9.17) is 16.3 Å². The molecule has 7 heteroatoms. The first-order chi connectivity index (χ1) is 10.6. The molecule has 0 aromatic heterocycles. The SMILES string of the molecule is CCOC(=O)N1CCC[C@H](C(=O)NNc2cccc(Cl)c2)C1. The average Bonchev–Trinajstić information content (AvgIpc) is 2.53.